The van der Waals surface area contributed by atoms with Crippen LogP contribution in [0, 0.1) is 0 Å². The first-order chi connectivity index (χ1) is 11.3. The molecule has 0 atom stereocenters. The van der Waals surface area contributed by atoms with Crippen molar-refractivity contribution >= 4 is 46.5 Å². The predicted molar refractivity (Wildman–Crippen MR) is 112 cm³/mol. The number of nitrogens with zero attached hydrogens (tertiary/aromatic N) is 2. The molecule has 3 N–H and O–H groups in total. The van der Waals surface area contributed by atoms with Crippen molar-refractivity contribution < 1.29 is 0 Å². The number of aromatic nitrogens is 1. The molecule has 0 aliphatic heterocycles. The van der Waals surface area contributed by atoms with E-state index < -0.39 is 0 Å². The molecule has 5 heteroatoms. The summed E-state index contributed by atoms with van der Waals surface area (Å²) >= 11 is 0. The fourth-order valence-corrected chi connectivity index (χ4v) is 2.48. The molecule has 0 amide bonds. The van der Waals surface area contributed by atoms with E-state index in [0.717, 1.165) is 28.6 Å². The first-order valence-corrected chi connectivity index (χ1v) is 7.75. The number of guanidine groups is 1. The molecular weight excluding hydrogens is 411 g/mol. The molecule has 3 rings (SSSR count). The van der Waals surface area contributed by atoms with Crippen LogP contribution in [0.4, 0.5) is 5.69 Å². The molecule has 1 heterocycles. The topological polar surface area (TPSA) is 63.3 Å². The maximum absolute atomic E-state index is 5.99. The Bertz CT molecular complexity index is 823. The van der Waals surface area contributed by atoms with Crippen LogP contribution in [0.25, 0.3) is 10.9 Å². The van der Waals surface area contributed by atoms with Crippen LogP contribution in [0.3, 0.4) is 0 Å². The monoisotopic (exact) mass is 432 g/mol. The zero-order chi connectivity index (χ0) is 16.1. The second-order valence-electron chi connectivity index (χ2n) is 5.37. The maximum atomic E-state index is 5.99. The summed E-state index contributed by atoms with van der Waals surface area (Å²) in [7, 11) is 0. The highest BCUT2D eigenvalue weighted by molar-refractivity contribution is 14.0. The van der Waals surface area contributed by atoms with Gasteiger partial charge in [0.15, 0.2) is 5.96 Å². The summed E-state index contributed by atoms with van der Waals surface area (Å²) in [6.07, 6.45) is 2.82. The van der Waals surface area contributed by atoms with Gasteiger partial charge >= 0.3 is 0 Å². The summed E-state index contributed by atoms with van der Waals surface area (Å²) in [5.41, 5.74) is 10.3. The van der Waals surface area contributed by atoms with Crippen LogP contribution in [0.2, 0.25) is 0 Å². The molecule has 1 aromatic heterocycles. The molecule has 2 aromatic carbocycles. The summed E-state index contributed by atoms with van der Waals surface area (Å²) < 4.78 is 0. The summed E-state index contributed by atoms with van der Waals surface area (Å²) in [5, 5.41) is 4.23. The van der Waals surface area contributed by atoms with Crippen LogP contribution in [0.1, 0.15) is 18.1 Å². The lowest BCUT2D eigenvalue weighted by Crippen LogP contribution is -2.22. The summed E-state index contributed by atoms with van der Waals surface area (Å²) in [6, 6.07) is 18.3. The van der Waals surface area contributed by atoms with E-state index in [9.17, 15) is 0 Å². The Morgan fingerprint density at radius 1 is 1.08 bits per heavy atom. The van der Waals surface area contributed by atoms with E-state index in [2.05, 4.69) is 34.3 Å². The van der Waals surface area contributed by atoms with E-state index in [4.69, 9.17) is 5.73 Å². The Morgan fingerprint density at radius 3 is 2.58 bits per heavy atom. The molecule has 0 radical (unpaired) electrons. The van der Waals surface area contributed by atoms with Gasteiger partial charge in [-0.15, -0.1) is 24.0 Å². The molecule has 0 aliphatic rings. The van der Waals surface area contributed by atoms with Crippen LogP contribution in [0.15, 0.2) is 65.8 Å². The van der Waals surface area contributed by atoms with Crippen molar-refractivity contribution in [2.75, 3.05) is 5.32 Å². The number of aryl methyl sites for hydroxylation is 1. The molecule has 24 heavy (non-hydrogen) atoms. The number of pyridine rings is 1. The number of para-hydroxylation sites is 1. The molecule has 0 bridgehead atoms. The molecule has 4 nitrogen and oxygen atoms in total. The molecular formula is C19H21IN4. The third-order valence-electron chi connectivity index (χ3n) is 3.77. The SMILES string of the molecule is CCc1ccc(NC(N)=NCc2cccc3cccnc23)cc1.I. The summed E-state index contributed by atoms with van der Waals surface area (Å²) in [4.78, 5) is 8.86. The van der Waals surface area contributed by atoms with Gasteiger partial charge in [-0.25, -0.2) is 4.99 Å². The Labute approximate surface area is 159 Å². The Kier molecular flexibility index (Phi) is 6.54. The van der Waals surface area contributed by atoms with Crippen molar-refractivity contribution in [3.8, 4) is 0 Å². The van der Waals surface area contributed by atoms with Gasteiger partial charge in [0.25, 0.3) is 0 Å². The van der Waals surface area contributed by atoms with Crippen molar-refractivity contribution in [3.63, 3.8) is 0 Å². The number of rotatable bonds is 4. The van der Waals surface area contributed by atoms with E-state index >= 15 is 0 Å². The Morgan fingerprint density at radius 2 is 1.83 bits per heavy atom. The van der Waals surface area contributed by atoms with Crippen molar-refractivity contribution in [1.29, 1.82) is 0 Å². The van der Waals surface area contributed by atoms with Crippen molar-refractivity contribution in [3.05, 3.63) is 71.9 Å². The highest BCUT2D eigenvalue weighted by atomic mass is 127. The second kappa shape index (κ2) is 8.63. The maximum Gasteiger partial charge on any atom is 0.193 e. The number of halogens is 1. The van der Waals surface area contributed by atoms with Crippen LogP contribution < -0.4 is 11.1 Å². The normalized spacial score (nSPS) is 11.1. The van der Waals surface area contributed by atoms with Gasteiger partial charge in [0.05, 0.1) is 12.1 Å². The lowest BCUT2D eigenvalue weighted by molar-refractivity contribution is 1.06. The average Bonchev–Trinajstić information content (AvgIpc) is 2.60. The van der Waals surface area contributed by atoms with Crippen LogP contribution in [0.5, 0.6) is 0 Å². The zero-order valence-corrected chi connectivity index (χ0v) is 15.9. The standard InChI is InChI=1S/C19H20N4.HI/c1-2-14-8-10-17(11-9-14)23-19(20)22-13-16-6-3-5-15-7-4-12-21-18(15)16;/h3-12H,2,13H2,1H3,(H3,20,22,23);1H. The van der Waals surface area contributed by atoms with E-state index in [1.54, 1.807) is 6.20 Å². The molecule has 0 saturated heterocycles. The lowest BCUT2D eigenvalue weighted by Gasteiger charge is -2.07. The largest absolute Gasteiger partial charge is 0.370 e. The zero-order valence-electron chi connectivity index (χ0n) is 13.6. The molecule has 0 saturated carbocycles. The number of anilines is 1. The van der Waals surface area contributed by atoms with Crippen molar-refractivity contribution in [1.82, 2.24) is 4.98 Å². The third kappa shape index (κ3) is 4.44. The minimum Gasteiger partial charge on any atom is -0.370 e. The fourth-order valence-electron chi connectivity index (χ4n) is 2.48. The number of hydrogen-bond acceptors (Lipinski definition) is 2. The molecule has 0 unspecified atom stereocenters. The smallest absolute Gasteiger partial charge is 0.193 e. The van der Waals surface area contributed by atoms with Gasteiger partial charge < -0.3 is 11.1 Å². The van der Waals surface area contributed by atoms with E-state index in [1.807, 2.05) is 42.5 Å². The van der Waals surface area contributed by atoms with Gasteiger partial charge in [-0.1, -0.05) is 43.3 Å². The van der Waals surface area contributed by atoms with E-state index in [1.165, 1.54) is 5.56 Å². The molecule has 0 aliphatic carbocycles. The van der Waals surface area contributed by atoms with E-state index in [0.29, 0.717) is 12.5 Å². The van der Waals surface area contributed by atoms with Crippen LogP contribution in [-0.4, -0.2) is 10.9 Å². The highest BCUT2D eigenvalue weighted by Gasteiger charge is 2.01. The van der Waals surface area contributed by atoms with Gasteiger partial charge in [-0.05, 0) is 35.7 Å². The minimum absolute atomic E-state index is 0. The number of nitrogens with one attached hydrogen (secondary N) is 1. The van der Waals surface area contributed by atoms with Crippen LogP contribution in [-0.2, 0) is 13.0 Å². The number of benzene rings is 2. The number of hydrogen-bond donors (Lipinski definition) is 2. The highest BCUT2D eigenvalue weighted by Crippen LogP contribution is 2.16. The quantitative estimate of drug-likeness (QED) is 0.366. The lowest BCUT2D eigenvalue weighted by atomic mass is 10.1. The minimum atomic E-state index is 0. The predicted octanol–water partition coefficient (Wildman–Crippen LogP) is 4.34. The number of fused-ring (bicyclic) bond motifs is 1. The average molecular weight is 432 g/mol. The van der Waals surface area contributed by atoms with E-state index in [-0.39, 0.29) is 24.0 Å². The van der Waals surface area contributed by atoms with Gasteiger partial charge in [0.2, 0.25) is 0 Å². The second-order valence-corrected chi connectivity index (χ2v) is 5.37. The molecule has 0 spiro atoms. The van der Waals surface area contributed by atoms with Gasteiger partial charge in [-0.2, -0.15) is 0 Å². The van der Waals surface area contributed by atoms with Crippen LogP contribution >= 0.6 is 24.0 Å². The first kappa shape index (κ1) is 18.2. The fraction of sp³-hybridized carbons (Fsp3) is 0.158. The van der Waals surface area contributed by atoms with Gasteiger partial charge in [0.1, 0.15) is 0 Å². The van der Waals surface area contributed by atoms with Crippen molar-refractivity contribution in [2.24, 2.45) is 10.7 Å². The number of aliphatic imine (C=N–C) groups is 1. The Hall–Kier alpha value is -2.15. The molecule has 124 valence electrons. The molecule has 0 fully saturated rings. The van der Waals surface area contributed by atoms with Gasteiger partial charge in [0, 0.05) is 17.3 Å². The van der Waals surface area contributed by atoms with Crippen molar-refractivity contribution in [2.45, 2.75) is 19.9 Å². The Balaban J connectivity index is 0.00000208. The summed E-state index contributed by atoms with van der Waals surface area (Å²) in [5.74, 6) is 0.405. The summed E-state index contributed by atoms with van der Waals surface area (Å²) in [6.45, 7) is 2.64. The number of nitrogens with two attached hydrogens (primary N) is 1. The molecule has 3 aromatic rings. The first-order valence-electron chi connectivity index (χ1n) is 7.75. The van der Waals surface area contributed by atoms with Gasteiger partial charge in [-0.3, -0.25) is 4.98 Å². The third-order valence-corrected chi connectivity index (χ3v) is 3.77.